The molecule has 0 unspecified atom stereocenters. The molecule has 12 heavy (non-hydrogen) atoms. The molecule has 0 aromatic heterocycles. The Labute approximate surface area is 93.8 Å². The predicted octanol–water partition coefficient (Wildman–Crippen LogP) is 4.32. The van der Waals surface area contributed by atoms with Gasteiger partial charge in [-0.3, -0.25) is 0 Å². The molecule has 1 aromatic carbocycles. The first kappa shape index (κ1) is 10.4. The molecular weight excluding hydrogens is 334 g/mol. The van der Waals surface area contributed by atoms with Gasteiger partial charge in [0.15, 0.2) is 0 Å². The van der Waals surface area contributed by atoms with E-state index in [4.69, 9.17) is 0 Å². The van der Waals surface area contributed by atoms with Gasteiger partial charge in [-0.1, -0.05) is 29.8 Å². The lowest BCUT2D eigenvalue weighted by molar-refractivity contribution is 0.590. The summed E-state index contributed by atoms with van der Waals surface area (Å²) in [7, 11) is 0. The van der Waals surface area contributed by atoms with Gasteiger partial charge in [-0.05, 0) is 46.2 Å². The molecule has 0 nitrogen and oxygen atoms in total. The van der Waals surface area contributed by atoms with Gasteiger partial charge in [0.2, 0.25) is 0 Å². The molecule has 0 amide bonds. The molecule has 0 spiro atoms. The molecule has 0 aliphatic rings. The zero-order chi connectivity index (χ0) is 9.30. The van der Waals surface area contributed by atoms with E-state index in [0.29, 0.717) is 3.57 Å². The van der Waals surface area contributed by atoms with E-state index in [1.165, 1.54) is 0 Å². The monoisotopic (exact) mass is 342 g/mol. The zero-order valence-electron chi connectivity index (χ0n) is 6.87. The average molecular weight is 343 g/mol. The number of hydrogen-bond acceptors (Lipinski definition) is 0. The highest BCUT2D eigenvalue weighted by atomic mass is 127. The van der Waals surface area contributed by atoms with Gasteiger partial charge in [-0.25, -0.2) is 4.39 Å². The quantitative estimate of drug-likeness (QED) is 0.527. The van der Waals surface area contributed by atoms with Crippen molar-refractivity contribution in [2.45, 2.75) is 19.8 Å². The second-order valence-corrected chi connectivity index (χ2v) is 5.02. The van der Waals surface area contributed by atoms with Crippen LogP contribution in [0.15, 0.2) is 16.6 Å². The van der Waals surface area contributed by atoms with Crippen molar-refractivity contribution in [2.75, 3.05) is 0 Å². The molecule has 1 aromatic rings. The Morgan fingerprint density at radius 3 is 2.50 bits per heavy atom. The summed E-state index contributed by atoms with van der Waals surface area (Å²) in [6, 6.07) is 3.62. The van der Waals surface area contributed by atoms with E-state index in [2.05, 4.69) is 15.9 Å². The van der Waals surface area contributed by atoms with Crippen LogP contribution < -0.4 is 0 Å². The SMILES string of the molecule is CC(C)c1cc(Br)cc(I)c1F. The van der Waals surface area contributed by atoms with Gasteiger partial charge in [-0.15, -0.1) is 0 Å². The third-order valence-electron chi connectivity index (χ3n) is 1.64. The van der Waals surface area contributed by atoms with E-state index in [1.807, 2.05) is 42.5 Å². The van der Waals surface area contributed by atoms with Crippen LogP contribution in [0.3, 0.4) is 0 Å². The normalized spacial score (nSPS) is 10.8. The fraction of sp³-hybridized carbons (Fsp3) is 0.333. The lowest BCUT2D eigenvalue weighted by atomic mass is 10.0. The Hall–Kier alpha value is 0.360. The largest absolute Gasteiger partial charge is 0.206 e. The van der Waals surface area contributed by atoms with Crippen molar-refractivity contribution < 1.29 is 4.39 Å². The Balaban J connectivity index is 3.28. The lowest BCUT2D eigenvalue weighted by Gasteiger charge is -2.08. The van der Waals surface area contributed by atoms with Crippen molar-refractivity contribution in [2.24, 2.45) is 0 Å². The van der Waals surface area contributed by atoms with Gasteiger partial charge >= 0.3 is 0 Å². The summed E-state index contributed by atoms with van der Waals surface area (Å²) in [5.74, 6) is 0.143. The molecule has 0 atom stereocenters. The summed E-state index contributed by atoms with van der Waals surface area (Å²) < 4.78 is 15.0. The van der Waals surface area contributed by atoms with Crippen LogP contribution in [-0.2, 0) is 0 Å². The van der Waals surface area contributed by atoms with Crippen LogP contribution >= 0.6 is 38.5 Å². The summed E-state index contributed by atoms with van der Waals surface area (Å²) in [5, 5.41) is 0. The van der Waals surface area contributed by atoms with Gasteiger partial charge in [0, 0.05) is 4.47 Å². The van der Waals surface area contributed by atoms with Gasteiger partial charge in [-0.2, -0.15) is 0 Å². The summed E-state index contributed by atoms with van der Waals surface area (Å²) >= 11 is 5.35. The Morgan fingerprint density at radius 2 is 2.00 bits per heavy atom. The van der Waals surface area contributed by atoms with E-state index >= 15 is 0 Å². The molecule has 3 heteroatoms. The number of benzene rings is 1. The van der Waals surface area contributed by atoms with Gasteiger partial charge in [0.1, 0.15) is 5.82 Å². The van der Waals surface area contributed by atoms with E-state index in [0.717, 1.165) is 10.0 Å². The highest BCUT2D eigenvalue weighted by Crippen LogP contribution is 2.26. The first-order chi connectivity index (χ1) is 5.52. The van der Waals surface area contributed by atoms with Crippen molar-refractivity contribution in [1.29, 1.82) is 0 Å². The minimum Gasteiger partial charge on any atom is -0.206 e. The Kier molecular flexibility index (Phi) is 3.52. The lowest BCUT2D eigenvalue weighted by Crippen LogP contribution is -1.95. The van der Waals surface area contributed by atoms with E-state index < -0.39 is 0 Å². The second-order valence-electron chi connectivity index (χ2n) is 2.95. The van der Waals surface area contributed by atoms with Gasteiger partial charge in [0.05, 0.1) is 3.57 Å². The highest BCUT2D eigenvalue weighted by Gasteiger charge is 2.10. The third kappa shape index (κ3) is 2.19. The Bertz CT molecular complexity index is 297. The minimum absolute atomic E-state index is 0.0891. The number of halogens is 3. The van der Waals surface area contributed by atoms with Crippen molar-refractivity contribution in [3.8, 4) is 0 Å². The summed E-state index contributed by atoms with van der Waals surface area (Å²) in [5.41, 5.74) is 0.772. The van der Waals surface area contributed by atoms with Crippen LogP contribution in [0.25, 0.3) is 0 Å². The summed E-state index contributed by atoms with van der Waals surface area (Å²) in [4.78, 5) is 0. The Morgan fingerprint density at radius 1 is 1.42 bits per heavy atom. The molecule has 0 N–H and O–H groups in total. The molecule has 1 rings (SSSR count). The van der Waals surface area contributed by atoms with Crippen LogP contribution in [-0.4, -0.2) is 0 Å². The van der Waals surface area contributed by atoms with E-state index in [9.17, 15) is 4.39 Å². The average Bonchev–Trinajstić information content (AvgIpc) is 1.96. The predicted molar refractivity (Wildman–Crippen MR) is 60.9 cm³/mol. The molecular formula is C9H9BrFI. The molecule has 0 radical (unpaired) electrons. The first-order valence-corrected chi connectivity index (χ1v) is 5.54. The molecule has 0 saturated heterocycles. The van der Waals surface area contributed by atoms with Crippen LogP contribution in [0.1, 0.15) is 25.3 Å². The maximum absolute atomic E-state index is 13.4. The van der Waals surface area contributed by atoms with Crippen molar-refractivity contribution in [3.05, 3.63) is 31.6 Å². The van der Waals surface area contributed by atoms with Crippen LogP contribution in [0, 0.1) is 9.39 Å². The van der Waals surface area contributed by atoms with Crippen LogP contribution in [0.2, 0.25) is 0 Å². The number of hydrogen-bond donors (Lipinski definition) is 0. The van der Waals surface area contributed by atoms with Crippen LogP contribution in [0.5, 0.6) is 0 Å². The summed E-state index contributed by atoms with van der Waals surface area (Å²) in [6.45, 7) is 3.97. The third-order valence-corrected chi connectivity index (χ3v) is 2.89. The molecule has 0 aliphatic carbocycles. The van der Waals surface area contributed by atoms with Crippen molar-refractivity contribution in [1.82, 2.24) is 0 Å². The van der Waals surface area contributed by atoms with Crippen molar-refractivity contribution in [3.63, 3.8) is 0 Å². The second kappa shape index (κ2) is 4.05. The van der Waals surface area contributed by atoms with E-state index in [1.54, 1.807) is 6.07 Å². The topological polar surface area (TPSA) is 0 Å². The maximum Gasteiger partial charge on any atom is 0.140 e. The maximum atomic E-state index is 13.4. The molecule has 0 fully saturated rings. The molecule has 0 bridgehead atoms. The molecule has 0 heterocycles. The molecule has 66 valence electrons. The zero-order valence-corrected chi connectivity index (χ0v) is 10.6. The van der Waals surface area contributed by atoms with Crippen molar-refractivity contribution >= 4 is 38.5 Å². The van der Waals surface area contributed by atoms with Gasteiger partial charge < -0.3 is 0 Å². The smallest absolute Gasteiger partial charge is 0.140 e. The van der Waals surface area contributed by atoms with Crippen LogP contribution in [0.4, 0.5) is 4.39 Å². The first-order valence-electron chi connectivity index (χ1n) is 3.67. The fourth-order valence-corrected chi connectivity index (χ4v) is 2.55. The summed E-state index contributed by atoms with van der Waals surface area (Å²) in [6.07, 6.45) is 0. The fourth-order valence-electron chi connectivity index (χ4n) is 0.996. The minimum atomic E-state index is -0.0891. The number of rotatable bonds is 1. The van der Waals surface area contributed by atoms with E-state index in [-0.39, 0.29) is 11.7 Å². The van der Waals surface area contributed by atoms with Gasteiger partial charge in [0.25, 0.3) is 0 Å². The highest BCUT2D eigenvalue weighted by molar-refractivity contribution is 14.1. The standard InChI is InChI=1S/C9H9BrFI/c1-5(2)7-3-6(10)4-8(12)9(7)11/h3-5H,1-2H3. The molecule has 0 saturated carbocycles. The molecule has 0 aliphatic heterocycles.